The first-order chi connectivity index (χ1) is 13.2. The summed E-state index contributed by atoms with van der Waals surface area (Å²) in [7, 11) is 0. The van der Waals surface area contributed by atoms with Crippen LogP contribution in [0.3, 0.4) is 0 Å². The summed E-state index contributed by atoms with van der Waals surface area (Å²) < 4.78 is 15.2. The van der Waals surface area contributed by atoms with Crippen molar-refractivity contribution in [1.29, 1.82) is 0 Å². The summed E-state index contributed by atoms with van der Waals surface area (Å²) in [5, 5.41) is 8.33. The van der Waals surface area contributed by atoms with Crippen LogP contribution in [0.4, 0.5) is 0 Å². The third-order valence-electron chi connectivity index (χ3n) is 3.86. The maximum Gasteiger partial charge on any atom is 0.374 e. The van der Waals surface area contributed by atoms with E-state index >= 15 is 0 Å². The maximum atomic E-state index is 12.2. The molecule has 0 atom stereocenters. The molecule has 0 saturated carbocycles. The molecule has 4 aromatic rings. The van der Waals surface area contributed by atoms with Gasteiger partial charge in [0, 0.05) is 18.6 Å². The standard InChI is InChI=1S/C19H15BrN4O3/c20-15-10-22-23(11-15)12-17-6-7-18(27-17)19(25)26-13-14-2-4-16(5-3-14)24-9-1-8-21-24/h1-11H,12-13H2. The van der Waals surface area contributed by atoms with E-state index in [1.807, 2.05) is 42.7 Å². The highest BCUT2D eigenvalue weighted by Crippen LogP contribution is 2.14. The van der Waals surface area contributed by atoms with Crippen molar-refractivity contribution in [1.82, 2.24) is 19.6 Å². The summed E-state index contributed by atoms with van der Waals surface area (Å²) in [5.74, 6) is 0.296. The van der Waals surface area contributed by atoms with Gasteiger partial charge in [-0.05, 0) is 51.8 Å². The van der Waals surface area contributed by atoms with Crippen molar-refractivity contribution in [2.24, 2.45) is 0 Å². The second kappa shape index (κ2) is 7.63. The SMILES string of the molecule is O=C(OCc1ccc(-n2cccn2)cc1)c1ccc(Cn2cc(Br)cn2)o1. The van der Waals surface area contributed by atoms with Crippen LogP contribution >= 0.6 is 15.9 Å². The van der Waals surface area contributed by atoms with E-state index in [4.69, 9.17) is 9.15 Å². The van der Waals surface area contributed by atoms with Crippen molar-refractivity contribution in [2.75, 3.05) is 0 Å². The molecule has 0 bridgehead atoms. The van der Waals surface area contributed by atoms with Crippen molar-refractivity contribution in [2.45, 2.75) is 13.2 Å². The van der Waals surface area contributed by atoms with Gasteiger partial charge in [0.25, 0.3) is 0 Å². The van der Waals surface area contributed by atoms with Gasteiger partial charge in [-0.25, -0.2) is 9.48 Å². The minimum absolute atomic E-state index is 0.167. The van der Waals surface area contributed by atoms with E-state index in [0.29, 0.717) is 12.3 Å². The first kappa shape index (κ1) is 17.3. The number of hydrogen-bond acceptors (Lipinski definition) is 5. The Balaban J connectivity index is 1.34. The molecule has 0 aliphatic carbocycles. The van der Waals surface area contributed by atoms with E-state index in [1.165, 1.54) is 0 Å². The molecule has 3 aromatic heterocycles. The first-order valence-corrected chi connectivity index (χ1v) is 8.99. The fraction of sp³-hybridized carbons (Fsp3) is 0.105. The van der Waals surface area contributed by atoms with Crippen LogP contribution in [0.25, 0.3) is 5.69 Å². The Labute approximate surface area is 163 Å². The predicted molar refractivity (Wildman–Crippen MR) is 100 cm³/mol. The van der Waals surface area contributed by atoms with E-state index in [0.717, 1.165) is 15.7 Å². The Bertz CT molecular complexity index is 1040. The zero-order valence-electron chi connectivity index (χ0n) is 14.2. The summed E-state index contributed by atoms with van der Waals surface area (Å²) in [6.45, 7) is 0.605. The Morgan fingerprint density at radius 3 is 2.70 bits per heavy atom. The monoisotopic (exact) mass is 426 g/mol. The molecule has 0 saturated heterocycles. The molecule has 0 spiro atoms. The van der Waals surface area contributed by atoms with Crippen molar-refractivity contribution >= 4 is 21.9 Å². The Morgan fingerprint density at radius 1 is 1.15 bits per heavy atom. The number of halogens is 1. The number of rotatable bonds is 6. The van der Waals surface area contributed by atoms with Crippen LogP contribution in [0.2, 0.25) is 0 Å². The topological polar surface area (TPSA) is 75.1 Å². The second-order valence-electron chi connectivity index (χ2n) is 5.82. The lowest BCUT2D eigenvalue weighted by atomic mass is 10.2. The molecular formula is C19H15BrN4O3. The van der Waals surface area contributed by atoms with Gasteiger partial charge in [-0.2, -0.15) is 10.2 Å². The van der Waals surface area contributed by atoms with Gasteiger partial charge < -0.3 is 9.15 Å². The van der Waals surface area contributed by atoms with E-state index in [1.54, 1.807) is 33.9 Å². The van der Waals surface area contributed by atoms with Crippen molar-refractivity contribution in [3.05, 3.63) is 88.8 Å². The Morgan fingerprint density at radius 2 is 2.00 bits per heavy atom. The quantitative estimate of drug-likeness (QED) is 0.438. The molecular weight excluding hydrogens is 412 g/mol. The van der Waals surface area contributed by atoms with Gasteiger partial charge in [0.05, 0.1) is 22.9 Å². The number of furan rings is 1. The molecule has 136 valence electrons. The third-order valence-corrected chi connectivity index (χ3v) is 4.27. The summed E-state index contributed by atoms with van der Waals surface area (Å²) >= 11 is 3.34. The van der Waals surface area contributed by atoms with Crippen LogP contribution in [-0.4, -0.2) is 25.5 Å². The fourth-order valence-electron chi connectivity index (χ4n) is 2.54. The smallest absolute Gasteiger partial charge is 0.374 e. The van der Waals surface area contributed by atoms with Gasteiger partial charge in [0.2, 0.25) is 5.76 Å². The number of benzene rings is 1. The number of esters is 1. The van der Waals surface area contributed by atoms with Crippen molar-refractivity contribution in [3.63, 3.8) is 0 Å². The molecule has 0 amide bonds. The van der Waals surface area contributed by atoms with Crippen LogP contribution in [-0.2, 0) is 17.9 Å². The fourth-order valence-corrected chi connectivity index (χ4v) is 2.87. The van der Waals surface area contributed by atoms with Gasteiger partial charge in [0.1, 0.15) is 12.4 Å². The lowest BCUT2D eigenvalue weighted by Crippen LogP contribution is -2.04. The zero-order valence-corrected chi connectivity index (χ0v) is 15.7. The summed E-state index contributed by atoms with van der Waals surface area (Å²) in [6, 6.07) is 12.8. The molecule has 0 aliphatic rings. The number of ether oxygens (including phenoxy) is 1. The van der Waals surface area contributed by atoms with Crippen LogP contribution in [0.5, 0.6) is 0 Å². The maximum absolute atomic E-state index is 12.2. The molecule has 0 unspecified atom stereocenters. The molecule has 4 rings (SSSR count). The zero-order chi connectivity index (χ0) is 18.6. The van der Waals surface area contributed by atoms with Crippen molar-refractivity contribution in [3.8, 4) is 5.69 Å². The average molecular weight is 427 g/mol. The number of nitrogens with zero attached hydrogens (tertiary/aromatic N) is 4. The van der Waals surface area contributed by atoms with Crippen LogP contribution in [0, 0.1) is 0 Å². The predicted octanol–water partition coefficient (Wildman–Crippen LogP) is 3.83. The number of carbonyl (C=O) groups excluding carboxylic acids is 1. The molecule has 0 N–H and O–H groups in total. The molecule has 0 radical (unpaired) electrons. The first-order valence-electron chi connectivity index (χ1n) is 8.20. The van der Waals surface area contributed by atoms with E-state index in [-0.39, 0.29) is 12.4 Å². The lowest BCUT2D eigenvalue weighted by molar-refractivity contribution is 0.0434. The molecule has 8 heteroatoms. The van der Waals surface area contributed by atoms with E-state index < -0.39 is 5.97 Å². The van der Waals surface area contributed by atoms with E-state index in [2.05, 4.69) is 26.1 Å². The Hall–Kier alpha value is -3.13. The van der Waals surface area contributed by atoms with Gasteiger partial charge in [-0.15, -0.1) is 0 Å². The van der Waals surface area contributed by atoms with Gasteiger partial charge in [-0.3, -0.25) is 4.68 Å². The molecule has 0 aliphatic heterocycles. The highest BCUT2D eigenvalue weighted by atomic mass is 79.9. The van der Waals surface area contributed by atoms with Gasteiger partial charge in [0.15, 0.2) is 0 Å². The molecule has 1 aromatic carbocycles. The third kappa shape index (κ3) is 4.17. The largest absolute Gasteiger partial charge is 0.455 e. The molecule has 0 fully saturated rings. The molecule has 7 nitrogen and oxygen atoms in total. The number of hydrogen-bond donors (Lipinski definition) is 0. The lowest BCUT2D eigenvalue weighted by Gasteiger charge is -2.05. The van der Waals surface area contributed by atoms with Crippen molar-refractivity contribution < 1.29 is 13.9 Å². The normalized spacial score (nSPS) is 10.9. The number of carbonyl (C=O) groups is 1. The number of aromatic nitrogens is 4. The summed E-state index contributed by atoms with van der Waals surface area (Å²) in [4.78, 5) is 12.2. The van der Waals surface area contributed by atoms with Crippen LogP contribution in [0.15, 0.2) is 76.1 Å². The highest BCUT2D eigenvalue weighted by Gasteiger charge is 2.13. The van der Waals surface area contributed by atoms with Crippen LogP contribution < -0.4 is 0 Å². The summed E-state index contributed by atoms with van der Waals surface area (Å²) in [5.41, 5.74) is 1.82. The summed E-state index contributed by atoms with van der Waals surface area (Å²) in [6.07, 6.45) is 7.10. The average Bonchev–Trinajstić information content (AvgIpc) is 3.43. The van der Waals surface area contributed by atoms with Gasteiger partial charge in [-0.1, -0.05) is 12.1 Å². The van der Waals surface area contributed by atoms with E-state index in [9.17, 15) is 4.79 Å². The molecule has 27 heavy (non-hydrogen) atoms. The minimum atomic E-state index is -0.501. The van der Waals surface area contributed by atoms with Crippen LogP contribution in [0.1, 0.15) is 21.9 Å². The molecule has 3 heterocycles. The highest BCUT2D eigenvalue weighted by molar-refractivity contribution is 9.10. The van der Waals surface area contributed by atoms with Gasteiger partial charge >= 0.3 is 5.97 Å². The Kier molecular flexibility index (Phi) is 4.88. The minimum Gasteiger partial charge on any atom is -0.455 e. The second-order valence-corrected chi connectivity index (χ2v) is 6.73.